The fourth-order valence-corrected chi connectivity index (χ4v) is 2.74. The number of nitrogens with zero attached hydrogens (tertiary/aromatic N) is 1. The predicted molar refractivity (Wildman–Crippen MR) is 87.7 cm³/mol. The van der Waals surface area contributed by atoms with Crippen molar-refractivity contribution < 1.29 is 0 Å². The zero-order chi connectivity index (χ0) is 14.4. The molecule has 0 amide bonds. The standard InChI is InChI=1S/C17H21BrN2/c1-3-19-17(14-7-5-4-6-8-14)13(2)11-16-10-9-15(18)12-20-16/h4-10,12-13,17,19H,3,11H2,1-2H3. The number of nitrogens with one attached hydrogen (secondary N) is 1. The normalized spacial score (nSPS) is 13.9. The summed E-state index contributed by atoms with van der Waals surface area (Å²) in [7, 11) is 0. The molecule has 2 unspecified atom stereocenters. The Bertz CT molecular complexity index is 510. The molecule has 1 N–H and O–H groups in total. The summed E-state index contributed by atoms with van der Waals surface area (Å²) < 4.78 is 1.03. The van der Waals surface area contributed by atoms with E-state index >= 15 is 0 Å². The van der Waals surface area contributed by atoms with Crippen LogP contribution in [0.1, 0.15) is 31.1 Å². The third kappa shape index (κ3) is 4.15. The lowest BCUT2D eigenvalue weighted by Gasteiger charge is -2.25. The molecule has 0 saturated carbocycles. The van der Waals surface area contributed by atoms with Gasteiger partial charge in [0.15, 0.2) is 0 Å². The van der Waals surface area contributed by atoms with Crippen LogP contribution in [0.25, 0.3) is 0 Å². The van der Waals surface area contributed by atoms with E-state index in [2.05, 4.69) is 82.5 Å². The number of benzene rings is 1. The number of hydrogen-bond donors (Lipinski definition) is 1. The van der Waals surface area contributed by atoms with Crippen molar-refractivity contribution in [3.63, 3.8) is 0 Å². The second-order valence-corrected chi connectivity index (χ2v) is 6.01. The first-order chi connectivity index (χ1) is 9.70. The van der Waals surface area contributed by atoms with E-state index in [9.17, 15) is 0 Å². The fourth-order valence-electron chi connectivity index (χ4n) is 2.50. The van der Waals surface area contributed by atoms with Gasteiger partial charge in [-0.1, -0.05) is 44.2 Å². The molecule has 0 aliphatic heterocycles. The maximum atomic E-state index is 4.48. The van der Waals surface area contributed by atoms with Gasteiger partial charge < -0.3 is 5.32 Å². The molecule has 106 valence electrons. The SMILES string of the molecule is CCNC(c1ccccc1)C(C)Cc1ccc(Br)cn1. The molecule has 1 heterocycles. The fraction of sp³-hybridized carbons (Fsp3) is 0.353. The Balaban J connectivity index is 2.11. The van der Waals surface area contributed by atoms with Gasteiger partial charge in [0.1, 0.15) is 0 Å². The van der Waals surface area contributed by atoms with Gasteiger partial charge >= 0.3 is 0 Å². The van der Waals surface area contributed by atoms with Gasteiger partial charge in [0, 0.05) is 22.4 Å². The van der Waals surface area contributed by atoms with Crippen LogP contribution in [-0.4, -0.2) is 11.5 Å². The molecule has 0 radical (unpaired) electrons. The Kier molecular flexibility index (Phi) is 5.74. The Morgan fingerprint density at radius 3 is 2.50 bits per heavy atom. The second-order valence-electron chi connectivity index (χ2n) is 5.10. The van der Waals surface area contributed by atoms with E-state index in [1.807, 2.05) is 6.20 Å². The lowest BCUT2D eigenvalue weighted by molar-refractivity contribution is 0.389. The lowest BCUT2D eigenvalue weighted by atomic mass is 9.90. The van der Waals surface area contributed by atoms with Gasteiger partial charge in [-0.15, -0.1) is 0 Å². The van der Waals surface area contributed by atoms with Crippen molar-refractivity contribution in [2.24, 2.45) is 5.92 Å². The number of aromatic nitrogens is 1. The summed E-state index contributed by atoms with van der Waals surface area (Å²) in [6, 6.07) is 15.2. The van der Waals surface area contributed by atoms with E-state index in [-0.39, 0.29) is 0 Å². The average Bonchev–Trinajstić information content (AvgIpc) is 2.48. The Labute approximate surface area is 129 Å². The molecule has 0 aliphatic rings. The van der Waals surface area contributed by atoms with Crippen molar-refractivity contribution in [2.45, 2.75) is 26.3 Å². The molecule has 1 aromatic carbocycles. The van der Waals surface area contributed by atoms with Gasteiger partial charge in [-0.2, -0.15) is 0 Å². The number of rotatable bonds is 6. The first-order valence-electron chi connectivity index (χ1n) is 7.09. The van der Waals surface area contributed by atoms with Crippen LogP contribution >= 0.6 is 15.9 Å². The monoisotopic (exact) mass is 332 g/mol. The van der Waals surface area contributed by atoms with E-state index < -0.39 is 0 Å². The van der Waals surface area contributed by atoms with Crippen LogP contribution in [0, 0.1) is 5.92 Å². The molecule has 0 aliphatic carbocycles. The summed E-state index contributed by atoms with van der Waals surface area (Å²) in [5, 5.41) is 3.59. The minimum atomic E-state index is 0.367. The maximum Gasteiger partial charge on any atom is 0.0413 e. The van der Waals surface area contributed by atoms with Crippen molar-refractivity contribution in [3.8, 4) is 0 Å². The second kappa shape index (κ2) is 7.55. The van der Waals surface area contributed by atoms with Crippen LogP contribution in [-0.2, 0) is 6.42 Å². The minimum Gasteiger partial charge on any atom is -0.310 e. The molecule has 0 spiro atoms. The van der Waals surface area contributed by atoms with E-state index in [0.29, 0.717) is 12.0 Å². The zero-order valence-corrected chi connectivity index (χ0v) is 13.6. The number of hydrogen-bond acceptors (Lipinski definition) is 2. The predicted octanol–water partition coefficient (Wildman–Crippen LogP) is 4.37. The van der Waals surface area contributed by atoms with Gasteiger partial charge in [0.05, 0.1) is 0 Å². The van der Waals surface area contributed by atoms with Crippen molar-refractivity contribution >= 4 is 15.9 Å². The number of halogens is 1. The molecule has 0 fully saturated rings. The Morgan fingerprint density at radius 2 is 1.90 bits per heavy atom. The highest BCUT2D eigenvalue weighted by atomic mass is 79.9. The lowest BCUT2D eigenvalue weighted by Crippen LogP contribution is -2.28. The Hall–Kier alpha value is -1.19. The molecule has 1 aromatic heterocycles. The van der Waals surface area contributed by atoms with Crippen LogP contribution in [0.2, 0.25) is 0 Å². The third-order valence-electron chi connectivity index (χ3n) is 3.47. The highest BCUT2D eigenvalue weighted by molar-refractivity contribution is 9.10. The molecule has 0 saturated heterocycles. The maximum absolute atomic E-state index is 4.48. The molecule has 2 nitrogen and oxygen atoms in total. The van der Waals surface area contributed by atoms with E-state index in [0.717, 1.165) is 23.1 Å². The molecular formula is C17H21BrN2. The summed E-state index contributed by atoms with van der Waals surface area (Å²) in [6.45, 7) is 5.41. The summed E-state index contributed by atoms with van der Waals surface area (Å²) in [5.74, 6) is 0.492. The van der Waals surface area contributed by atoms with E-state index in [4.69, 9.17) is 0 Å². The smallest absolute Gasteiger partial charge is 0.0413 e. The largest absolute Gasteiger partial charge is 0.310 e. The van der Waals surface area contributed by atoms with Gasteiger partial charge in [0.25, 0.3) is 0 Å². The molecule has 3 heteroatoms. The quantitative estimate of drug-likeness (QED) is 0.849. The highest BCUT2D eigenvalue weighted by Gasteiger charge is 2.18. The summed E-state index contributed by atoms with van der Waals surface area (Å²) in [5.41, 5.74) is 2.48. The zero-order valence-electron chi connectivity index (χ0n) is 12.0. The number of pyridine rings is 1. The Morgan fingerprint density at radius 1 is 1.15 bits per heavy atom. The van der Waals surface area contributed by atoms with Crippen LogP contribution < -0.4 is 5.32 Å². The molecular weight excluding hydrogens is 312 g/mol. The van der Waals surface area contributed by atoms with Crippen LogP contribution in [0.3, 0.4) is 0 Å². The molecule has 20 heavy (non-hydrogen) atoms. The van der Waals surface area contributed by atoms with Gasteiger partial charge in [-0.3, -0.25) is 4.98 Å². The molecule has 2 atom stereocenters. The van der Waals surface area contributed by atoms with E-state index in [1.54, 1.807) is 0 Å². The van der Waals surface area contributed by atoms with Crippen molar-refractivity contribution in [1.29, 1.82) is 0 Å². The van der Waals surface area contributed by atoms with E-state index in [1.165, 1.54) is 5.56 Å². The van der Waals surface area contributed by atoms with Gasteiger partial charge in [-0.25, -0.2) is 0 Å². The van der Waals surface area contributed by atoms with Crippen molar-refractivity contribution in [1.82, 2.24) is 10.3 Å². The first kappa shape index (κ1) is 15.2. The topological polar surface area (TPSA) is 24.9 Å². The summed E-state index contributed by atoms with van der Waals surface area (Å²) >= 11 is 3.43. The average molecular weight is 333 g/mol. The summed E-state index contributed by atoms with van der Waals surface area (Å²) in [6.07, 6.45) is 2.84. The van der Waals surface area contributed by atoms with Gasteiger partial charge in [0.2, 0.25) is 0 Å². The van der Waals surface area contributed by atoms with Crippen LogP contribution in [0.4, 0.5) is 0 Å². The van der Waals surface area contributed by atoms with Crippen molar-refractivity contribution in [2.75, 3.05) is 6.54 Å². The summed E-state index contributed by atoms with van der Waals surface area (Å²) in [4.78, 5) is 4.48. The van der Waals surface area contributed by atoms with Crippen molar-refractivity contribution in [3.05, 3.63) is 64.4 Å². The molecule has 0 bridgehead atoms. The minimum absolute atomic E-state index is 0.367. The third-order valence-corrected chi connectivity index (χ3v) is 3.94. The highest BCUT2D eigenvalue weighted by Crippen LogP contribution is 2.24. The first-order valence-corrected chi connectivity index (χ1v) is 7.88. The van der Waals surface area contributed by atoms with Crippen LogP contribution in [0.15, 0.2) is 53.1 Å². The van der Waals surface area contributed by atoms with Gasteiger partial charge in [-0.05, 0) is 52.5 Å². The molecule has 2 aromatic rings. The van der Waals surface area contributed by atoms with Crippen LogP contribution in [0.5, 0.6) is 0 Å². The molecule has 2 rings (SSSR count).